The predicted molar refractivity (Wildman–Crippen MR) is 129 cm³/mol. The highest BCUT2D eigenvalue weighted by Crippen LogP contribution is 2.31. The van der Waals surface area contributed by atoms with Gasteiger partial charge < -0.3 is 15.4 Å². The molecular weight excluding hydrogens is 462 g/mol. The lowest BCUT2D eigenvalue weighted by atomic mass is 10.1. The highest BCUT2D eigenvalue weighted by Gasteiger charge is 2.20. The Kier molecular flexibility index (Phi) is 7.31. The zero-order chi connectivity index (χ0) is 24.9. The number of anilines is 3. The normalized spacial score (nSPS) is 11.9. The Morgan fingerprint density at radius 3 is 2.50 bits per heavy atom. The van der Waals surface area contributed by atoms with Crippen LogP contribution < -0.4 is 20.1 Å². The summed E-state index contributed by atoms with van der Waals surface area (Å²) in [5.74, 6) is -0.348. The lowest BCUT2D eigenvalue weighted by molar-refractivity contribution is -0.384. The molecule has 1 aromatic heterocycles. The summed E-state index contributed by atoms with van der Waals surface area (Å²) in [4.78, 5) is 28.1. The average molecular weight is 486 g/mol. The lowest BCUT2D eigenvalue weighted by Crippen LogP contribution is -2.15. The maximum Gasteiger partial charge on any atom is 0.293 e. The number of benzene rings is 2. The second-order valence-corrected chi connectivity index (χ2v) is 9.10. The van der Waals surface area contributed by atoms with Crippen molar-refractivity contribution in [2.24, 2.45) is 0 Å². The van der Waals surface area contributed by atoms with Crippen molar-refractivity contribution in [3.8, 4) is 5.75 Å². The number of methoxy groups -OCH3 is 1. The molecule has 2 aromatic carbocycles. The largest absolute Gasteiger partial charge is 0.495 e. The Labute approximate surface area is 196 Å². The third-order valence-electron chi connectivity index (χ3n) is 4.71. The number of nitrogens with one attached hydrogen (secondary N) is 3. The Morgan fingerprint density at radius 2 is 1.88 bits per heavy atom. The van der Waals surface area contributed by atoms with E-state index in [4.69, 9.17) is 4.74 Å². The van der Waals surface area contributed by atoms with Gasteiger partial charge in [-0.2, -0.15) is 0 Å². The Balaban J connectivity index is 1.83. The van der Waals surface area contributed by atoms with Gasteiger partial charge in [0.05, 0.1) is 35.7 Å². The zero-order valence-corrected chi connectivity index (χ0v) is 19.4. The zero-order valence-electron chi connectivity index (χ0n) is 18.6. The summed E-state index contributed by atoms with van der Waals surface area (Å²) in [6.07, 6.45) is 2.62. The number of aromatic nitrogens is 1. The maximum absolute atomic E-state index is 12.8. The van der Waals surface area contributed by atoms with E-state index >= 15 is 0 Å². The molecule has 1 heterocycles. The number of pyridine rings is 1. The van der Waals surface area contributed by atoms with E-state index in [0.29, 0.717) is 5.69 Å². The Bertz CT molecular complexity index is 1310. The molecule has 11 nitrogen and oxygen atoms in total. The molecule has 0 radical (unpaired) electrons. The summed E-state index contributed by atoms with van der Waals surface area (Å²) in [5, 5.41) is 17.3. The third kappa shape index (κ3) is 6.19. The van der Waals surface area contributed by atoms with Gasteiger partial charge >= 0.3 is 0 Å². The van der Waals surface area contributed by atoms with E-state index < -0.39 is 20.9 Å². The highest BCUT2D eigenvalue weighted by molar-refractivity contribution is 7.92. The van der Waals surface area contributed by atoms with Crippen molar-refractivity contribution in [1.82, 2.24) is 4.98 Å². The molecule has 1 unspecified atom stereocenters. The molecular formula is C22H23N5O6S. The van der Waals surface area contributed by atoms with E-state index in [1.54, 1.807) is 18.3 Å². The first kappa shape index (κ1) is 24.5. The van der Waals surface area contributed by atoms with Crippen LogP contribution in [0.15, 0.2) is 60.8 Å². The number of nitro benzene ring substituents is 1. The molecule has 0 aliphatic rings. The van der Waals surface area contributed by atoms with Crippen LogP contribution in [0.5, 0.6) is 5.75 Å². The van der Waals surface area contributed by atoms with E-state index in [9.17, 15) is 23.3 Å². The average Bonchev–Trinajstić information content (AvgIpc) is 2.78. The summed E-state index contributed by atoms with van der Waals surface area (Å²) >= 11 is 0. The van der Waals surface area contributed by atoms with Crippen molar-refractivity contribution in [3.63, 3.8) is 0 Å². The first-order chi connectivity index (χ1) is 16.1. The molecule has 34 heavy (non-hydrogen) atoms. The number of hydrogen-bond acceptors (Lipinski definition) is 8. The van der Waals surface area contributed by atoms with Crippen LogP contribution >= 0.6 is 0 Å². The van der Waals surface area contributed by atoms with Gasteiger partial charge in [-0.25, -0.2) is 8.42 Å². The third-order valence-corrected chi connectivity index (χ3v) is 5.30. The second-order valence-electron chi connectivity index (χ2n) is 7.35. The topological polar surface area (TPSA) is 153 Å². The molecule has 0 saturated carbocycles. The SMILES string of the molecule is COc1ccc(NC(=O)c2ccc(NC(C)c3ccccn3)c([N+](=O)[O-])c2)cc1NS(C)(=O)=O. The van der Waals surface area contributed by atoms with Gasteiger partial charge in [0.15, 0.2) is 0 Å². The number of carbonyl (C=O) groups is 1. The lowest BCUT2D eigenvalue weighted by Gasteiger charge is -2.15. The number of ether oxygens (including phenoxy) is 1. The Morgan fingerprint density at radius 1 is 1.12 bits per heavy atom. The summed E-state index contributed by atoms with van der Waals surface area (Å²) in [6, 6.07) is 13.5. The summed E-state index contributed by atoms with van der Waals surface area (Å²) < 4.78 is 30.6. The van der Waals surface area contributed by atoms with E-state index in [1.807, 2.05) is 13.0 Å². The fourth-order valence-electron chi connectivity index (χ4n) is 3.15. The minimum absolute atomic E-state index is 0.0520. The van der Waals surface area contributed by atoms with Crippen molar-refractivity contribution in [3.05, 3.63) is 82.2 Å². The molecule has 0 fully saturated rings. The smallest absolute Gasteiger partial charge is 0.293 e. The first-order valence-corrected chi connectivity index (χ1v) is 11.9. The van der Waals surface area contributed by atoms with E-state index in [1.165, 1.54) is 43.5 Å². The van der Waals surface area contributed by atoms with Gasteiger partial charge in [-0.15, -0.1) is 0 Å². The van der Waals surface area contributed by atoms with Crippen molar-refractivity contribution < 1.29 is 22.9 Å². The molecule has 1 atom stereocenters. The summed E-state index contributed by atoms with van der Waals surface area (Å²) in [6.45, 7) is 1.82. The van der Waals surface area contributed by atoms with Crippen molar-refractivity contribution >= 4 is 38.7 Å². The molecule has 1 amide bonds. The van der Waals surface area contributed by atoms with Gasteiger partial charge in [0.2, 0.25) is 10.0 Å². The molecule has 3 N–H and O–H groups in total. The molecule has 3 aromatic rings. The quantitative estimate of drug-likeness (QED) is 0.306. The van der Waals surface area contributed by atoms with Crippen molar-refractivity contribution in [1.29, 1.82) is 0 Å². The number of nitrogens with zero attached hydrogens (tertiary/aromatic N) is 2. The van der Waals surface area contributed by atoms with E-state index in [0.717, 1.165) is 6.26 Å². The summed E-state index contributed by atoms with van der Waals surface area (Å²) in [7, 11) is -2.21. The van der Waals surface area contributed by atoms with Gasteiger partial charge in [0, 0.05) is 23.5 Å². The van der Waals surface area contributed by atoms with Crippen LogP contribution in [0.3, 0.4) is 0 Å². The monoisotopic (exact) mass is 485 g/mol. The minimum Gasteiger partial charge on any atom is -0.495 e. The highest BCUT2D eigenvalue weighted by atomic mass is 32.2. The molecule has 3 rings (SSSR count). The van der Waals surface area contributed by atoms with Crippen LogP contribution in [-0.4, -0.2) is 37.6 Å². The first-order valence-electron chi connectivity index (χ1n) is 10.0. The fourth-order valence-corrected chi connectivity index (χ4v) is 3.71. The van der Waals surface area contributed by atoms with Crippen LogP contribution in [0.2, 0.25) is 0 Å². The molecule has 0 bridgehead atoms. The standard InChI is InChI=1S/C22H23N5O6S/c1-14(17-6-4-5-11-23-17)24-18-9-7-15(12-20(18)27(29)30)22(28)25-16-8-10-21(33-2)19(13-16)26-34(3,31)32/h4-14,24,26H,1-3H3,(H,25,28). The molecule has 0 spiro atoms. The second kappa shape index (κ2) is 10.2. The Hall–Kier alpha value is -4.19. The molecule has 0 aliphatic carbocycles. The van der Waals surface area contributed by atoms with E-state index in [-0.39, 0.29) is 40.1 Å². The molecule has 178 valence electrons. The summed E-state index contributed by atoms with van der Waals surface area (Å²) in [5.41, 5.74) is 1.13. The van der Waals surface area contributed by atoms with Crippen LogP contribution in [0.25, 0.3) is 0 Å². The van der Waals surface area contributed by atoms with Crippen LogP contribution in [0.1, 0.15) is 29.0 Å². The van der Waals surface area contributed by atoms with Gasteiger partial charge in [0.1, 0.15) is 11.4 Å². The molecule has 0 saturated heterocycles. The van der Waals surface area contributed by atoms with Crippen LogP contribution in [0.4, 0.5) is 22.7 Å². The van der Waals surface area contributed by atoms with Gasteiger partial charge in [-0.1, -0.05) is 6.07 Å². The van der Waals surface area contributed by atoms with Gasteiger partial charge in [-0.3, -0.25) is 24.6 Å². The number of amides is 1. The number of sulfonamides is 1. The van der Waals surface area contributed by atoms with Crippen molar-refractivity contribution in [2.75, 3.05) is 28.7 Å². The van der Waals surface area contributed by atoms with Gasteiger partial charge in [-0.05, 0) is 49.4 Å². The van der Waals surface area contributed by atoms with Gasteiger partial charge in [0.25, 0.3) is 11.6 Å². The fraction of sp³-hybridized carbons (Fsp3) is 0.182. The minimum atomic E-state index is -3.59. The number of carbonyl (C=O) groups excluding carboxylic acids is 1. The molecule has 0 aliphatic heterocycles. The number of hydrogen-bond donors (Lipinski definition) is 3. The predicted octanol–water partition coefficient (Wildman–Crippen LogP) is 3.80. The van der Waals surface area contributed by atoms with Crippen molar-refractivity contribution in [2.45, 2.75) is 13.0 Å². The molecule has 12 heteroatoms. The number of nitro groups is 1. The van der Waals surface area contributed by atoms with Crippen LogP contribution in [0, 0.1) is 10.1 Å². The van der Waals surface area contributed by atoms with E-state index in [2.05, 4.69) is 20.3 Å². The van der Waals surface area contributed by atoms with Crippen LogP contribution in [-0.2, 0) is 10.0 Å². The maximum atomic E-state index is 12.8. The number of rotatable bonds is 9.